The van der Waals surface area contributed by atoms with E-state index in [1.54, 1.807) is 29.2 Å². The van der Waals surface area contributed by atoms with E-state index in [4.69, 9.17) is 11.6 Å². The molecule has 1 fully saturated rings. The van der Waals surface area contributed by atoms with Gasteiger partial charge in [-0.1, -0.05) is 44.2 Å². The van der Waals surface area contributed by atoms with Gasteiger partial charge in [0.05, 0.1) is 11.6 Å². The van der Waals surface area contributed by atoms with Crippen molar-refractivity contribution in [1.82, 2.24) is 0 Å². The number of carbonyl (C=O) groups excluding carboxylic acids is 2. The smallest absolute Gasteiger partial charge is 0.294 e. The van der Waals surface area contributed by atoms with E-state index in [2.05, 4.69) is 0 Å². The molecule has 5 heteroatoms. The molecular weight excluding hydrogens is 350 g/mol. The van der Waals surface area contributed by atoms with Crippen LogP contribution in [0.5, 0.6) is 0 Å². The monoisotopic (exact) mass is 375 g/mol. The molecule has 4 nitrogen and oxygen atoms in total. The topological polar surface area (TPSA) is 57.6 Å². The molecule has 0 saturated heterocycles. The minimum absolute atomic E-state index is 0.0928. The van der Waals surface area contributed by atoms with Crippen LogP contribution >= 0.6 is 11.6 Å². The molecule has 1 atom stereocenters. The molecule has 0 aromatic heterocycles. The van der Waals surface area contributed by atoms with Crippen molar-refractivity contribution < 1.29 is 14.7 Å². The van der Waals surface area contributed by atoms with Crippen LogP contribution in [0.15, 0.2) is 35.6 Å². The fourth-order valence-electron chi connectivity index (χ4n) is 4.17. The van der Waals surface area contributed by atoms with E-state index in [9.17, 15) is 14.7 Å². The number of benzene rings is 1. The molecule has 2 aliphatic rings. The van der Waals surface area contributed by atoms with Crippen molar-refractivity contribution in [2.75, 3.05) is 4.90 Å². The molecule has 1 saturated carbocycles. The zero-order chi connectivity index (χ0) is 18.7. The maximum Gasteiger partial charge on any atom is 0.294 e. The van der Waals surface area contributed by atoms with Crippen LogP contribution in [0.1, 0.15) is 58.3 Å². The van der Waals surface area contributed by atoms with E-state index in [0.29, 0.717) is 22.7 Å². The van der Waals surface area contributed by atoms with E-state index >= 15 is 0 Å². The Kier molecular flexibility index (Phi) is 6.02. The summed E-state index contributed by atoms with van der Waals surface area (Å²) in [5, 5.41) is 11.1. The number of unbranched alkanes of at least 4 members (excludes halogenated alkanes) is 1. The van der Waals surface area contributed by atoms with Crippen LogP contribution < -0.4 is 4.90 Å². The Morgan fingerprint density at radius 2 is 1.85 bits per heavy atom. The molecule has 140 valence electrons. The number of Topliss-reactive ketones (excluding diaryl/α,β-unsaturated/α-hetero) is 1. The van der Waals surface area contributed by atoms with E-state index in [-0.39, 0.29) is 23.5 Å². The van der Waals surface area contributed by atoms with Crippen molar-refractivity contribution in [2.45, 2.75) is 64.3 Å². The number of amides is 1. The van der Waals surface area contributed by atoms with Crippen LogP contribution in [-0.2, 0) is 9.59 Å². The van der Waals surface area contributed by atoms with Crippen molar-refractivity contribution >= 4 is 29.0 Å². The number of hydrogen-bond donors (Lipinski definition) is 1. The van der Waals surface area contributed by atoms with Gasteiger partial charge in [0.2, 0.25) is 0 Å². The van der Waals surface area contributed by atoms with Crippen LogP contribution in [0.25, 0.3) is 0 Å². The Morgan fingerprint density at radius 1 is 1.19 bits per heavy atom. The van der Waals surface area contributed by atoms with Gasteiger partial charge in [-0.25, -0.2) is 0 Å². The standard InChI is InChI=1S/C21H26ClNO3/c1-2-3-9-17(24)18-19(14-7-5-4-6-8-14)23(21(26)20(18)25)16-12-10-15(22)11-13-16/h10-14,19,25H,2-9H2,1H3. The number of carbonyl (C=O) groups is 2. The largest absolute Gasteiger partial charge is 0.503 e. The molecular formula is C21H26ClNO3. The first kappa shape index (κ1) is 19.0. The van der Waals surface area contributed by atoms with Crippen molar-refractivity contribution in [2.24, 2.45) is 5.92 Å². The number of rotatable bonds is 6. The van der Waals surface area contributed by atoms with Gasteiger partial charge in [0.1, 0.15) is 0 Å². The zero-order valence-electron chi connectivity index (χ0n) is 15.2. The summed E-state index contributed by atoms with van der Waals surface area (Å²) in [6.45, 7) is 2.03. The van der Waals surface area contributed by atoms with Crippen LogP contribution in [0.4, 0.5) is 5.69 Å². The highest BCUT2D eigenvalue weighted by molar-refractivity contribution is 6.30. The maximum absolute atomic E-state index is 12.9. The summed E-state index contributed by atoms with van der Waals surface area (Å²) in [7, 11) is 0. The second kappa shape index (κ2) is 8.26. The van der Waals surface area contributed by atoms with Gasteiger partial charge in [-0.15, -0.1) is 0 Å². The molecule has 1 N–H and O–H groups in total. The summed E-state index contributed by atoms with van der Waals surface area (Å²) in [6.07, 6.45) is 7.38. The van der Waals surface area contributed by atoms with Gasteiger partial charge >= 0.3 is 0 Å². The Hall–Kier alpha value is -1.81. The third kappa shape index (κ3) is 3.66. The lowest BCUT2D eigenvalue weighted by Crippen LogP contribution is -2.42. The number of hydrogen-bond acceptors (Lipinski definition) is 3. The van der Waals surface area contributed by atoms with Crippen LogP contribution in [0, 0.1) is 5.92 Å². The molecule has 1 aliphatic heterocycles. The van der Waals surface area contributed by atoms with Crippen LogP contribution in [-0.4, -0.2) is 22.8 Å². The van der Waals surface area contributed by atoms with E-state index in [1.807, 2.05) is 6.92 Å². The Labute approximate surface area is 159 Å². The van der Waals surface area contributed by atoms with Crippen molar-refractivity contribution in [3.8, 4) is 0 Å². The number of halogens is 1. The minimum atomic E-state index is -0.470. The number of ketones is 1. The molecule has 1 heterocycles. The second-order valence-corrected chi connectivity index (χ2v) is 7.72. The molecule has 26 heavy (non-hydrogen) atoms. The molecule has 1 aromatic rings. The Balaban J connectivity index is 1.99. The second-order valence-electron chi connectivity index (χ2n) is 7.28. The highest BCUT2D eigenvalue weighted by Crippen LogP contribution is 2.40. The summed E-state index contributed by atoms with van der Waals surface area (Å²) in [6, 6.07) is 6.66. The third-order valence-electron chi connectivity index (χ3n) is 5.51. The molecule has 1 aliphatic carbocycles. The number of aliphatic hydroxyl groups excluding tert-OH is 1. The maximum atomic E-state index is 12.9. The zero-order valence-corrected chi connectivity index (χ0v) is 16.0. The quantitative estimate of drug-likeness (QED) is 0.742. The van der Waals surface area contributed by atoms with Gasteiger partial charge in [0, 0.05) is 17.1 Å². The molecule has 0 spiro atoms. The minimum Gasteiger partial charge on any atom is -0.503 e. The first-order chi connectivity index (χ1) is 12.5. The summed E-state index contributed by atoms with van der Waals surface area (Å²) >= 11 is 5.99. The van der Waals surface area contributed by atoms with Gasteiger partial charge in [-0.05, 0) is 49.4 Å². The first-order valence-electron chi connectivity index (χ1n) is 9.60. The first-order valence-corrected chi connectivity index (χ1v) is 9.97. The molecule has 0 radical (unpaired) electrons. The lowest BCUT2D eigenvalue weighted by molar-refractivity contribution is -0.118. The van der Waals surface area contributed by atoms with Crippen LogP contribution in [0.2, 0.25) is 5.02 Å². The molecule has 1 unspecified atom stereocenters. The van der Waals surface area contributed by atoms with Crippen LogP contribution in [0.3, 0.4) is 0 Å². The summed E-state index contributed by atoms with van der Waals surface area (Å²) < 4.78 is 0. The number of nitrogens with zero attached hydrogens (tertiary/aromatic N) is 1. The van der Waals surface area contributed by atoms with Gasteiger partial charge in [-0.3, -0.25) is 14.5 Å². The van der Waals surface area contributed by atoms with Gasteiger partial charge < -0.3 is 5.11 Å². The SMILES string of the molecule is CCCCC(=O)C1=C(O)C(=O)N(c2ccc(Cl)cc2)C1C1CCCCC1. The molecule has 0 bridgehead atoms. The fraction of sp³-hybridized carbons (Fsp3) is 0.524. The fourth-order valence-corrected chi connectivity index (χ4v) is 4.30. The van der Waals surface area contributed by atoms with Crippen molar-refractivity contribution in [3.05, 3.63) is 40.6 Å². The van der Waals surface area contributed by atoms with Gasteiger partial charge in [0.15, 0.2) is 11.5 Å². The average Bonchev–Trinajstić information content (AvgIpc) is 2.92. The predicted molar refractivity (Wildman–Crippen MR) is 103 cm³/mol. The molecule has 1 amide bonds. The molecule has 3 rings (SSSR count). The van der Waals surface area contributed by atoms with Gasteiger partial charge in [0.25, 0.3) is 5.91 Å². The molecule has 1 aromatic carbocycles. The highest BCUT2D eigenvalue weighted by Gasteiger charge is 2.46. The summed E-state index contributed by atoms with van der Waals surface area (Å²) in [5.41, 5.74) is 1.00. The van der Waals surface area contributed by atoms with E-state index in [1.165, 1.54) is 6.42 Å². The lowest BCUT2D eigenvalue weighted by Gasteiger charge is -2.35. The Bertz CT molecular complexity index is 704. The Morgan fingerprint density at radius 3 is 2.46 bits per heavy atom. The average molecular weight is 376 g/mol. The third-order valence-corrected chi connectivity index (χ3v) is 5.76. The number of anilines is 1. The van der Waals surface area contributed by atoms with E-state index < -0.39 is 5.91 Å². The lowest BCUT2D eigenvalue weighted by atomic mass is 9.79. The van der Waals surface area contributed by atoms with Crippen molar-refractivity contribution in [3.63, 3.8) is 0 Å². The highest BCUT2D eigenvalue weighted by atomic mass is 35.5. The van der Waals surface area contributed by atoms with Crippen molar-refractivity contribution in [1.29, 1.82) is 0 Å². The predicted octanol–water partition coefficient (Wildman–Crippen LogP) is 5.21. The number of aliphatic hydroxyl groups is 1. The summed E-state index contributed by atoms with van der Waals surface area (Å²) in [5.74, 6) is -0.724. The van der Waals surface area contributed by atoms with E-state index in [0.717, 1.165) is 38.5 Å². The summed E-state index contributed by atoms with van der Waals surface area (Å²) in [4.78, 5) is 27.3. The normalized spacial score (nSPS) is 21.5. The van der Waals surface area contributed by atoms with Gasteiger partial charge in [-0.2, -0.15) is 0 Å².